The molecule has 0 aliphatic carbocycles. The summed E-state index contributed by atoms with van der Waals surface area (Å²) in [6.07, 6.45) is 0.461. The first kappa shape index (κ1) is 24.3. The van der Waals surface area contributed by atoms with E-state index in [1.165, 1.54) is 13.0 Å². The third-order valence-corrected chi connectivity index (χ3v) is 5.45. The number of nitrogens with zero attached hydrogens (tertiary/aromatic N) is 1. The zero-order chi connectivity index (χ0) is 25.7. The predicted molar refractivity (Wildman–Crippen MR) is 132 cm³/mol. The molecule has 1 aliphatic rings. The summed E-state index contributed by atoms with van der Waals surface area (Å²) in [5.74, 6) is -1.52. The molecule has 0 saturated heterocycles. The molecule has 1 heterocycles. The van der Waals surface area contributed by atoms with E-state index in [1.807, 2.05) is 0 Å². The van der Waals surface area contributed by atoms with Gasteiger partial charge in [0, 0.05) is 36.8 Å². The third-order valence-electron chi connectivity index (χ3n) is 5.45. The van der Waals surface area contributed by atoms with Crippen molar-refractivity contribution in [2.24, 2.45) is 0 Å². The number of hydrogen-bond donors (Lipinski definition) is 2. The van der Waals surface area contributed by atoms with Gasteiger partial charge in [-0.1, -0.05) is 18.2 Å². The molecule has 3 aromatic carbocycles. The number of rotatable bonds is 8. The molecule has 4 rings (SSSR count). The van der Waals surface area contributed by atoms with Crippen molar-refractivity contribution in [2.45, 2.75) is 19.8 Å². The molecule has 3 aromatic rings. The predicted octanol–water partition coefficient (Wildman–Crippen LogP) is 3.88. The molecule has 4 amide bonds. The number of nitrogens with one attached hydrogen (secondary N) is 2. The highest BCUT2D eigenvalue weighted by Gasteiger charge is 2.34. The zero-order valence-corrected chi connectivity index (χ0v) is 19.4. The Morgan fingerprint density at radius 2 is 1.42 bits per heavy atom. The summed E-state index contributed by atoms with van der Waals surface area (Å²) < 4.78 is 4.99. The minimum absolute atomic E-state index is 0.130. The van der Waals surface area contributed by atoms with E-state index in [-0.39, 0.29) is 42.3 Å². The molecule has 9 heteroatoms. The van der Waals surface area contributed by atoms with Crippen molar-refractivity contribution in [1.29, 1.82) is 0 Å². The number of anilines is 2. The molecule has 36 heavy (non-hydrogen) atoms. The maximum atomic E-state index is 12.5. The molecule has 0 spiro atoms. The van der Waals surface area contributed by atoms with Crippen LogP contribution in [0.2, 0.25) is 0 Å². The topological polar surface area (TPSA) is 122 Å². The molecule has 1 aliphatic heterocycles. The molecule has 0 fully saturated rings. The highest BCUT2D eigenvalue weighted by Crippen LogP contribution is 2.23. The van der Waals surface area contributed by atoms with Crippen LogP contribution in [0.3, 0.4) is 0 Å². The fraction of sp³-hybridized carbons (Fsp3) is 0.148. The monoisotopic (exact) mass is 485 g/mol. The van der Waals surface area contributed by atoms with Gasteiger partial charge in [-0.15, -0.1) is 0 Å². The van der Waals surface area contributed by atoms with Crippen LogP contribution in [0.4, 0.5) is 11.4 Å². The summed E-state index contributed by atoms with van der Waals surface area (Å²) >= 11 is 0. The first-order valence-corrected chi connectivity index (χ1v) is 11.3. The Morgan fingerprint density at radius 1 is 0.806 bits per heavy atom. The summed E-state index contributed by atoms with van der Waals surface area (Å²) in [6.45, 7) is 1.44. The second kappa shape index (κ2) is 10.6. The molecule has 9 nitrogen and oxygen atoms in total. The summed E-state index contributed by atoms with van der Waals surface area (Å²) in [7, 11) is 0. The fourth-order valence-corrected chi connectivity index (χ4v) is 3.77. The van der Waals surface area contributed by atoms with Crippen LogP contribution in [0.25, 0.3) is 0 Å². The van der Waals surface area contributed by atoms with E-state index < -0.39 is 5.97 Å². The number of esters is 1. The Hall–Kier alpha value is -4.79. The SMILES string of the molecule is CC(=O)Oc1cccc(C(=O)Nc2ccc(NC(=O)CCCN3C(=O)c4ccccc4C3=O)cc2)c1. The van der Waals surface area contributed by atoms with E-state index in [9.17, 15) is 24.0 Å². The number of hydrogen-bond acceptors (Lipinski definition) is 6. The van der Waals surface area contributed by atoms with Crippen LogP contribution in [-0.2, 0) is 9.59 Å². The molecule has 2 N–H and O–H groups in total. The lowest BCUT2D eigenvalue weighted by molar-refractivity contribution is -0.131. The van der Waals surface area contributed by atoms with Gasteiger partial charge in [-0.25, -0.2) is 0 Å². The van der Waals surface area contributed by atoms with Crippen LogP contribution >= 0.6 is 0 Å². The van der Waals surface area contributed by atoms with Crippen LogP contribution in [0.5, 0.6) is 5.75 Å². The van der Waals surface area contributed by atoms with Crippen molar-refractivity contribution in [3.63, 3.8) is 0 Å². The normalized spacial score (nSPS) is 12.2. The molecule has 0 atom stereocenters. The molecule has 0 aromatic heterocycles. The lowest BCUT2D eigenvalue weighted by Gasteiger charge is -2.13. The van der Waals surface area contributed by atoms with Crippen LogP contribution in [0.15, 0.2) is 72.8 Å². The Morgan fingerprint density at radius 3 is 2.03 bits per heavy atom. The standard InChI is InChI=1S/C27H23N3O6/c1-17(31)36-21-7-4-6-18(16-21)25(33)29-20-13-11-19(12-14-20)28-24(32)10-5-15-30-26(34)22-8-2-3-9-23(22)27(30)35/h2-4,6-9,11-14,16H,5,10,15H2,1H3,(H,28,32)(H,29,33). The maximum absolute atomic E-state index is 12.5. The van der Waals surface area contributed by atoms with Crippen molar-refractivity contribution in [1.82, 2.24) is 4.90 Å². The van der Waals surface area contributed by atoms with E-state index in [1.54, 1.807) is 66.7 Å². The van der Waals surface area contributed by atoms with Gasteiger partial charge in [0.15, 0.2) is 0 Å². The van der Waals surface area contributed by atoms with Crippen molar-refractivity contribution in [3.8, 4) is 5.75 Å². The third kappa shape index (κ3) is 5.64. The van der Waals surface area contributed by atoms with Crippen LogP contribution in [0, 0.1) is 0 Å². The highest BCUT2D eigenvalue weighted by molar-refractivity contribution is 6.21. The Balaban J connectivity index is 1.25. The first-order chi connectivity index (χ1) is 17.3. The molecule has 182 valence electrons. The van der Waals surface area contributed by atoms with Gasteiger partial charge in [0.2, 0.25) is 5.91 Å². The average molecular weight is 485 g/mol. The summed E-state index contributed by atoms with van der Waals surface area (Å²) in [6, 6.07) is 19.5. The number of ether oxygens (including phenoxy) is 1. The van der Waals surface area contributed by atoms with Gasteiger partial charge in [-0.3, -0.25) is 28.9 Å². The smallest absolute Gasteiger partial charge is 0.308 e. The van der Waals surface area contributed by atoms with E-state index in [2.05, 4.69) is 10.6 Å². The van der Waals surface area contributed by atoms with Gasteiger partial charge in [-0.2, -0.15) is 0 Å². The Labute approximate surface area is 207 Å². The fourth-order valence-electron chi connectivity index (χ4n) is 3.77. The number of imide groups is 1. The van der Waals surface area contributed by atoms with Crippen LogP contribution in [0.1, 0.15) is 50.8 Å². The zero-order valence-electron chi connectivity index (χ0n) is 19.4. The Kier molecular flexibility index (Phi) is 7.20. The van der Waals surface area contributed by atoms with Crippen LogP contribution in [-0.4, -0.2) is 41.0 Å². The van der Waals surface area contributed by atoms with Crippen molar-refractivity contribution in [3.05, 3.63) is 89.5 Å². The summed E-state index contributed by atoms with van der Waals surface area (Å²) in [5, 5.41) is 5.50. The number of amides is 4. The van der Waals surface area contributed by atoms with Gasteiger partial charge in [0.05, 0.1) is 11.1 Å². The van der Waals surface area contributed by atoms with Gasteiger partial charge in [0.25, 0.3) is 17.7 Å². The van der Waals surface area contributed by atoms with E-state index in [0.29, 0.717) is 34.5 Å². The van der Waals surface area contributed by atoms with Crippen molar-refractivity contribution < 1.29 is 28.7 Å². The molecular formula is C27H23N3O6. The number of carbonyl (C=O) groups is 5. The second-order valence-corrected chi connectivity index (χ2v) is 8.11. The van der Waals surface area contributed by atoms with E-state index >= 15 is 0 Å². The van der Waals surface area contributed by atoms with Gasteiger partial charge >= 0.3 is 5.97 Å². The molecular weight excluding hydrogens is 462 g/mol. The molecule has 0 bridgehead atoms. The highest BCUT2D eigenvalue weighted by atomic mass is 16.5. The molecule has 0 saturated carbocycles. The number of carbonyl (C=O) groups excluding carboxylic acids is 5. The maximum Gasteiger partial charge on any atom is 0.308 e. The largest absolute Gasteiger partial charge is 0.427 e. The van der Waals surface area contributed by atoms with Crippen molar-refractivity contribution >= 4 is 41.0 Å². The van der Waals surface area contributed by atoms with E-state index in [4.69, 9.17) is 4.74 Å². The number of benzene rings is 3. The molecule has 0 radical (unpaired) electrons. The van der Waals surface area contributed by atoms with Crippen molar-refractivity contribution in [2.75, 3.05) is 17.2 Å². The van der Waals surface area contributed by atoms with Crippen LogP contribution < -0.4 is 15.4 Å². The average Bonchev–Trinajstić information content (AvgIpc) is 3.10. The van der Waals surface area contributed by atoms with E-state index in [0.717, 1.165) is 4.90 Å². The van der Waals surface area contributed by atoms with Gasteiger partial charge < -0.3 is 15.4 Å². The van der Waals surface area contributed by atoms with Gasteiger partial charge in [0.1, 0.15) is 5.75 Å². The minimum atomic E-state index is -0.478. The quantitative estimate of drug-likeness (QED) is 0.284. The molecule has 0 unspecified atom stereocenters. The first-order valence-electron chi connectivity index (χ1n) is 11.3. The van der Waals surface area contributed by atoms with Gasteiger partial charge in [-0.05, 0) is 61.0 Å². The summed E-state index contributed by atoms with van der Waals surface area (Å²) in [5.41, 5.74) is 2.15. The lowest BCUT2D eigenvalue weighted by atomic mass is 10.1. The lowest BCUT2D eigenvalue weighted by Crippen LogP contribution is -2.31. The second-order valence-electron chi connectivity index (χ2n) is 8.11. The summed E-state index contributed by atoms with van der Waals surface area (Å²) in [4.78, 5) is 61.8. The Bertz CT molecular complexity index is 1310. The minimum Gasteiger partial charge on any atom is -0.427 e. The number of fused-ring (bicyclic) bond motifs is 1.